The van der Waals surface area contributed by atoms with Crippen LogP contribution in [-0.2, 0) is 6.42 Å². The quantitative estimate of drug-likeness (QED) is 0.603. The minimum absolute atomic E-state index is 0.276. The van der Waals surface area contributed by atoms with Crippen molar-refractivity contribution in [3.05, 3.63) is 29.8 Å². The van der Waals surface area contributed by atoms with Crippen molar-refractivity contribution in [1.29, 1.82) is 5.26 Å². The lowest BCUT2D eigenvalue weighted by Crippen LogP contribution is -2.29. The molecule has 1 aromatic carbocycles. The van der Waals surface area contributed by atoms with Crippen LogP contribution in [0, 0.1) is 16.7 Å². The number of thioether (sulfide) groups is 1. The molecule has 3 heteroatoms. The Morgan fingerprint density at radius 1 is 1.28 bits per heavy atom. The summed E-state index contributed by atoms with van der Waals surface area (Å²) in [7, 11) is 0. The fraction of sp³-hybridized carbons (Fsp3) is 0.533. The van der Waals surface area contributed by atoms with Crippen LogP contribution in [0.25, 0.3) is 0 Å². The Bertz CT molecular complexity index is 390. The van der Waals surface area contributed by atoms with E-state index in [1.165, 1.54) is 10.5 Å². The van der Waals surface area contributed by atoms with E-state index in [-0.39, 0.29) is 5.41 Å². The van der Waals surface area contributed by atoms with Crippen LogP contribution in [-0.4, -0.2) is 18.8 Å². The van der Waals surface area contributed by atoms with Crippen molar-refractivity contribution < 1.29 is 0 Å². The fourth-order valence-electron chi connectivity index (χ4n) is 1.59. The SMILES string of the molecule is CCSc1ccc(CCNCC(C)(C)C#N)cc1. The normalized spacial score (nSPS) is 11.2. The van der Waals surface area contributed by atoms with Gasteiger partial charge >= 0.3 is 0 Å². The van der Waals surface area contributed by atoms with Gasteiger partial charge in [0.15, 0.2) is 0 Å². The molecule has 0 aliphatic rings. The maximum absolute atomic E-state index is 8.90. The van der Waals surface area contributed by atoms with E-state index in [0.717, 1.165) is 25.3 Å². The molecule has 1 rings (SSSR count). The Balaban J connectivity index is 2.30. The molecule has 0 aliphatic carbocycles. The van der Waals surface area contributed by atoms with E-state index in [1.807, 2.05) is 25.6 Å². The van der Waals surface area contributed by atoms with E-state index in [9.17, 15) is 0 Å². The molecule has 2 nitrogen and oxygen atoms in total. The van der Waals surface area contributed by atoms with Gasteiger partial charge in [-0.25, -0.2) is 0 Å². The Morgan fingerprint density at radius 3 is 2.50 bits per heavy atom. The van der Waals surface area contributed by atoms with Crippen molar-refractivity contribution in [3.8, 4) is 6.07 Å². The van der Waals surface area contributed by atoms with Gasteiger partial charge in [0.25, 0.3) is 0 Å². The Morgan fingerprint density at radius 2 is 1.94 bits per heavy atom. The molecule has 98 valence electrons. The molecule has 0 fully saturated rings. The summed E-state index contributed by atoms with van der Waals surface area (Å²) < 4.78 is 0. The number of nitrogens with one attached hydrogen (secondary N) is 1. The monoisotopic (exact) mass is 262 g/mol. The van der Waals surface area contributed by atoms with Crippen LogP contribution >= 0.6 is 11.8 Å². The van der Waals surface area contributed by atoms with E-state index in [4.69, 9.17) is 5.26 Å². The van der Waals surface area contributed by atoms with E-state index in [1.54, 1.807) is 0 Å². The smallest absolute Gasteiger partial charge is 0.0697 e. The molecule has 0 radical (unpaired) electrons. The van der Waals surface area contributed by atoms with Crippen molar-refractivity contribution >= 4 is 11.8 Å². The zero-order valence-corrected chi connectivity index (χ0v) is 12.3. The Hall–Kier alpha value is -0.980. The highest BCUT2D eigenvalue weighted by molar-refractivity contribution is 7.99. The number of nitriles is 1. The maximum Gasteiger partial charge on any atom is 0.0697 e. The predicted octanol–water partition coefficient (Wildman–Crippen LogP) is 3.48. The molecule has 0 heterocycles. The van der Waals surface area contributed by atoms with Crippen LogP contribution in [0.15, 0.2) is 29.2 Å². The molecule has 0 unspecified atom stereocenters. The first kappa shape index (κ1) is 15.1. The second-order valence-electron chi connectivity index (χ2n) is 5.00. The van der Waals surface area contributed by atoms with Gasteiger partial charge in [0.1, 0.15) is 0 Å². The number of hydrogen-bond acceptors (Lipinski definition) is 3. The second kappa shape index (κ2) is 7.45. The molecule has 18 heavy (non-hydrogen) atoms. The summed E-state index contributed by atoms with van der Waals surface area (Å²) in [5.41, 5.74) is 1.07. The highest BCUT2D eigenvalue weighted by Gasteiger charge is 2.14. The molecule has 0 amide bonds. The highest BCUT2D eigenvalue weighted by Crippen LogP contribution is 2.17. The lowest BCUT2D eigenvalue weighted by molar-refractivity contribution is 0.447. The van der Waals surface area contributed by atoms with E-state index in [2.05, 4.69) is 42.6 Å². The lowest BCUT2D eigenvalue weighted by atomic mass is 9.96. The van der Waals surface area contributed by atoms with Crippen LogP contribution in [0.3, 0.4) is 0 Å². The number of rotatable bonds is 7. The highest BCUT2D eigenvalue weighted by atomic mass is 32.2. The summed E-state index contributed by atoms with van der Waals surface area (Å²) in [6.45, 7) is 7.74. The Labute approximate surface area is 115 Å². The van der Waals surface area contributed by atoms with Crippen molar-refractivity contribution in [3.63, 3.8) is 0 Å². The summed E-state index contributed by atoms with van der Waals surface area (Å²) in [6, 6.07) is 11.0. The summed E-state index contributed by atoms with van der Waals surface area (Å²) >= 11 is 1.87. The molecule has 0 spiro atoms. The third-order valence-electron chi connectivity index (χ3n) is 2.69. The number of hydrogen-bond donors (Lipinski definition) is 1. The molecular weight excluding hydrogens is 240 g/mol. The van der Waals surface area contributed by atoms with Gasteiger partial charge in [-0.05, 0) is 50.3 Å². The van der Waals surface area contributed by atoms with E-state index >= 15 is 0 Å². The minimum atomic E-state index is -0.276. The van der Waals surface area contributed by atoms with Crippen LogP contribution in [0.5, 0.6) is 0 Å². The van der Waals surface area contributed by atoms with Crippen molar-refractivity contribution in [1.82, 2.24) is 5.32 Å². The van der Waals surface area contributed by atoms with Crippen molar-refractivity contribution in [2.45, 2.75) is 32.1 Å². The van der Waals surface area contributed by atoms with Gasteiger partial charge in [-0.1, -0.05) is 19.1 Å². The number of benzene rings is 1. The zero-order chi connectivity index (χ0) is 13.4. The van der Waals surface area contributed by atoms with Crippen LogP contribution in [0.2, 0.25) is 0 Å². The van der Waals surface area contributed by atoms with Crippen LogP contribution in [0.1, 0.15) is 26.3 Å². The molecule has 1 N–H and O–H groups in total. The molecule has 1 aromatic rings. The largest absolute Gasteiger partial charge is 0.315 e. The van der Waals surface area contributed by atoms with Crippen LogP contribution < -0.4 is 5.32 Å². The second-order valence-corrected chi connectivity index (χ2v) is 6.34. The minimum Gasteiger partial charge on any atom is -0.315 e. The first-order chi connectivity index (χ1) is 8.57. The predicted molar refractivity (Wildman–Crippen MR) is 78.8 cm³/mol. The first-order valence-corrected chi connectivity index (χ1v) is 7.39. The van der Waals surface area contributed by atoms with Crippen molar-refractivity contribution in [2.24, 2.45) is 5.41 Å². The summed E-state index contributed by atoms with van der Waals surface area (Å²) in [4.78, 5) is 1.33. The summed E-state index contributed by atoms with van der Waals surface area (Å²) in [5.74, 6) is 1.12. The van der Waals surface area contributed by atoms with Gasteiger partial charge in [-0.3, -0.25) is 0 Å². The molecule has 0 bridgehead atoms. The standard InChI is InChI=1S/C15H22N2S/c1-4-18-14-7-5-13(6-8-14)9-10-17-12-15(2,3)11-16/h5-8,17H,4,9-10,12H2,1-3H3. The third kappa shape index (κ3) is 5.57. The molecular formula is C15H22N2S. The average Bonchev–Trinajstić information content (AvgIpc) is 2.37. The average molecular weight is 262 g/mol. The van der Waals surface area contributed by atoms with Gasteiger partial charge < -0.3 is 5.32 Å². The molecule has 0 saturated carbocycles. The van der Waals surface area contributed by atoms with Crippen LogP contribution in [0.4, 0.5) is 0 Å². The van der Waals surface area contributed by atoms with Gasteiger partial charge in [-0.15, -0.1) is 11.8 Å². The van der Waals surface area contributed by atoms with Gasteiger partial charge in [-0.2, -0.15) is 5.26 Å². The van der Waals surface area contributed by atoms with Crippen molar-refractivity contribution in [2.75, 3.05) is 18.8 Å². The molecule has 0 aliphatic heterocycles. The molecule has 0 saturated heterocycles. The number of nitrogens with zero attached hydrogens (tertiary/aromatic N) is 1. The summed E-state index contributed by atoms with van der Waals surface area (Å²) in [5, 5.41) is 12.2. The van der Waals surface area contributed by atoms with Gasteiger partial charge in [0.05, 0.1) is 11.5 Å². The zero-order valence-electron chi connectivity index (χ0n) is 11.5. The fourth-order valence-corrected chi connectivity index (χ4v) is 2.25. The topological polar surface area (TPSA) is 35.8 Å². The third-order valence-corrected chi connectivity index (χ3v) is 3.59. The lowest BCUT2D eigenvalue weighted by Gasteiger charge is -2.15. The van der Waals surface area contributed by atoms with E-state index < -0.39 is 0 Å². The van der Waals surface area contributed by atoms with Gasteiger partial charge in [0.2, 0.25) is 0 Å². The van der Waals surface area contributed by atoms with Gasteiger partial charge in [0, 0.05) is 11.4 Å². The molecule has 0 atom stereocenters. The molecule has 0 aromatic heterocycles. The Kier molecular flexibility index (Phi) is 6.24. The first-order valence-electron chi connectivity index (χ1n) is 6.41. The summed E-state index contributed by atoms with van der Waals surface area (Å²) in [6.07, 6.45) is 1.01. The van der Waals surface area contributed by atoms with E-state index in [0.29, 0.717) is 0 Å². The maximum atomic E-state index is 8.90.